The molecule has 0 aromatic carbocycles. The Morgan fingerprint density at radius 3 is 3.00 bits per heavy atom. The molecule has 1 amide bonds. The summed E-state index contributed by atoms with van der Waals surface area (Å²) in [7, 11) is 0. The van der Waals surface area contributed by atoms with Crippen molar-refractivity contribution in [1.29, 1.82) is 0 Å². The molecular formula is C7H9NO2S. The summed E-state index contributed by atoms with van der Waals surface area (Å²) in [4.78, 5) is 11.3. The van der Waals surface area contributed by atoms with Crippen molar-refractivity contribution < 1.29 is 9.53 Å². The van der Waals surface area contributed by atoms with Crippen molar-refractivity contribution in [2.24, 2.45) is 5.73 Å². The summed E-state index contributed by atoms with van der Waals surface area (Å²) in [6.45, 7) is 1.79. The number of rotatable bonds is 2. The second-order valence-corrected chi connectivity index (χ2v) is 3.07. The Kier molecular flexibility index (Phi) is 2.48. The number of carbonyl (C=O) groups is 1. The molecule has 0 aliphatic heterocycles. The highest BCUT2D eigenvalue weighted by Gasteiger charge is 2.08. The SMILES string of the molecule is C[C@@H](OC(N)=O)c1cccs1. The fourth-order valence-electron chi connectivity index (χ4n) is 0.755. The van der Waals surface area contributed by atoms with Gasteiger partial charge in [0, 0.05) is 4.88 Å². The number of carbonyl (C=O) groups excluding carboxylic acids is 1. The van der Waals surface area contributed by atoms with Crippen LogP contribution in [0.25, 0.3) is 0 Å². The molecule has 4 heteroatoms. The Morgan fingerprint density at radius 1 is 1.82 bits per heavy atom. The molecule has 0 spiro atoms. The Morgan fingerprint density at radius 2 is 2.55 bits per heavy atom. The van der Waals surface area contributed by atoms with Gasteiger partial charge in [-0.3, -0.25) is 0 Å². The highest BCUT2D eigenvalue weighted by molar-refractivity contribution is 7.10. The van der Waals surface area contributed by atoms with Gasteiger partial charge in [-0.1, -0.05) is 6.07 Å². The van der Waals surface area contributed by atoms with Crippen LogP contribution < -0.4 is 5.73 Å². The van der Waals surface area contributed by atoms with Crippen LogP contribution in [0.1, 0.15) is 17.9 Å². The zero-order chi connectivity index (χ0) is 8.27. The van der Waals surface area contributed by atoms with Crippen molar-refractivity contribution in [2.75, 3.05) is 0 Å². The van der Waals surface area contributed by atoms with E-state index in [9.17, 15) is 4.79 Å². The Hall–Kier alpha value is -1.03. The fraction of sp³-hybridized carbons (Fsp3) is 0.286. The average molecular weight is 171 g/mol. The van der Waals surface area contributed by atoms with Gasteiger partial charge in [0.2, 0.25) is 0 Å². The molecule has 1 aromatic rings. The van der Waals surface area contributed by atoms with Crippen LogP contribution in [-0.4, -0.2) is 6.09 Å². The maximum absolute atomic E-state index is 10.3. The topological polar surface area (TPSA) is 52.3 Å². The first-order valence-electron chi connectivity index (χ1n) is 3.19. The third kappa shape index (κ3) is 2.23. The zero-order valence-electron chi connectivity index (χ0n) is 6.11. The van der Waals surface area contributed by atoms with Gasteiger partial charge < -0.3 is 10.5 Å². The van der Waals surface area contributed by atoms with E-state index in [-0.39, 0.29) is 6.10 Å². The molecule has 3 nitrogen and oxygen atoms in total. The van der Waals surface area contributed by atoms with E-state index in [1.165, 1.54) is 0 Å². The van der Waals surface area contributed by atoms with E-state index in [1.807, 2.05) is 17.5 Å². The number of ether oxygens (including phenoxy) is 1. The number of hydrogen-bond acceptors (Lipinski definition) is 3. The van der Waals surface area contributed by atoms with Crippen molar-refractivity contribution in [3.8, 4) is 0 Å². The number of nitrogens with two attached hydrogens (primary N) is 1. The van der Waals surface area contributed by atoms with Crippen LogP contribution in [0.5, 0.6) is 0 Å². The summed E-state index contributed by atoms with van der Waals surface area (Å²) in [5, 5.41) is 1.93. The molecule has 0 radical (unpaired) electrons. The van der Waals surface area contributed by atoms with Crippen molar-refractivity contribution >= 4 is 17.4 Å². The van der Waals surface area contributed by atoms with Crippen LogP contribution in [0.4, 0.5) is 4.79 Å². The van der Waals surface area contributed by atoms with E-state index in [0.29, 0.717) is 0 Å². The molecule has 0 aliphatic carbocycles. The number of amides is 1. The van der Waals surface area contributed by atoms with Gasteiger partial charge in [0.1, 0.15) is 6.10 Å². The summed E-state index contributed by atoms with van der Waals surface area (Å²) < 4.78 is 4.74. The predicted molar refractivity (Wildman–Crippen MR) is 43.4 cm³/mol. The van der Waals surface area contributed by atoms with Crippen LogP contribution >= 0.6 is 11.3 Å². The van der Waals surface area contributed by atoms with Gasteiger partial charge in [0.05, 0.1) is 0 Å². The van der Waals surface area contributed by atoms with Gasteiger partial charge in [0.25, 0.3) is 0 Å². The molecule has 0 aliphatic rings. The first-order chi connectivity index (χ1) is 5.20. The summed E-state index contributed by atoms with van der Waals surface area (Å²) in [5.41, 5.74) is 4.84. The van der Waals surface area contributed by atoms with Crippen LogP contribution in [0.2, 0.25) is 0 Å². The monoisotopic (exact) mass is 171 g/mol. The lowest BCUT2D eigenvalue weighted by atomic mass is 10.3. The van der Waals surface area contributed by atoms with Gasteiger partial charge in [-0.05, 0) is 18.4 Å². The average Bonchev–Trinajstić information content (AvgIpc) is 2.35. The van der Waals surface area contributed by atoms with E-state index in [0.717, 1.165) is 4.88 Å². The highest BCUT2D eigenvalue weighted by Crippen LogP contribution is 2.21. The molecular weight excluding hydrogens is 162 g/mol. The zero-order valence-corrected chi connectivity index (χ0v) is 6.93. The maximum atomic E-state index is 10.3. The van der Waals surface area contributed by atoms with Crippen molar-refractivity contribution in [3.05, 3.63) is 22.4 Å². The van der Waals surface area contributed by atoms with E-state index in [1.54, 1.807) is 18.3 Å². The first-order valence-corrected chi connectivity index (χ1v) is 4.07. The van der Waals surface area contributed by atoms with Gasteiger partial charge in [-0.15, -0.1) is 11.3 Å². The molecule has 0 unspecified atom stereocenters. The van der Waals surface area contributed by atoms with E-state index < -0.39 is 6.09 Å². The first kappa shape index (κ1) is 8.07. The molecule has 0 fully saturated rings. The predicted octanol–water partition coefficient (Wildman–Crippen LogP) is 1.90. The molecule has 1 heterocycles. The maximum Gasteiger partial charge on any atom is 0.405 e. The lowest BCUT2D eigenvalue weighted by molar-refractivity contribution is 0.118. The lowest BCUT2D eigenvalue weighted by Crippen LogP contribution is -2.14. The molecule has 1 rings (SSSR count). The van der Waals surface area contributed by atoms with Crippen LogP contribution in [0.15, 0.2) is 17.5 Å². The number of thiophene rings is 1. The molecule has 2 N–H and O–H groups in total. The highest BCUT2D eigenvalue weighted by atomic mass is 32.1. The second kappa shape index (κ2) is 3.39. The molecule has 11 heavy (non-hydrogen) atoms. The molecule has 1 aromatic heterocycles. The molecule has 1 atom stereocenters. The fourth-order valence-corrected chi connectivity index (χ4v) is 1.47. The second-order valence-electron chi connectivity index (χ2n) is 2.09. The van der Waals surface area contributed by atoms with Crippen LogP contribution in [-0.2, 0) is 4.74 Å². The van der Waals surface area contributed by atoms with Gasteiger partial charge in [-0.25, -0.2) is 4.79 Å². The molecule has 0 saturated carbocycles. The van der Waals surface area contributed by atoms with Gasteiger partial charge in [0.15, 0.2) is 0 Å². The summed E-state index contributed by atoms with van der Waals surface area (Å²) >= 11 is 1.54. The number of hydrogen-bond donors (Lipinski definition) is 1. The standard InChI is InChI=1S/C7H9NO2S/c1-5(10-7(8)9)6-3-2-4-11-6/h2-5H,1H3,(H2,8,9)/t5-/m1/s1. The van der Waals surface area contributed by atoms with E-state index in [2.05, 4.69) is 0 Å². The van der Waals surface area contributed by atoms with Crippen molar-refractivity contribution in [1.82, 2.24) is 0 Å². The summed E-state index contributed by atoms with van der Waals surface area (Å²) in [6, 6.07) is 3.80. The normalized spacial score (nSPS) is 12.5. The lowest BCUT2D eigenvalue weighted by Gasteiger charge is -2.07. The third-order valence-electron chi connectivity index (χ3n) is 1.24. The minimum Gasteiger partial charge on any atom is -0.441 e. The summed E-state index contributed by atoms with van der Waals surface area (Å²) in [6.07, 6.45) is -0.960. The van der Waals surface area contributed by atoms with Crippen molar-refractivity contribution in [2.45, 2.75) is 13.0 Å². The van der Waals surface area contributed by atoms with Gasteiger partial charge in [-0.2, -0.15) is 0 Å². The molecule has 60 valence electrons. The Balaban J connectivity index is 2.56. The van der Waals surface area contributed by atoms with Crippen LogP contribution in [0.3, 0.4) is 0 Å². The van der Waals surface area contributed by atoms with Crippen LogP contribution in [0, 0.1) is 0 Å². The van der Waals surface area contributed by atoms with Gasteiger partial charge >= 0.3 is 6.09 Å². The minimum absolute atomic E-state index is 0.229. The van der Waals surface area contributed by atoms with E-state index in [4.69, 9.17) is 10.5 Å². The summed E-state index contributed by atoms with van der Waals surface area (Å²) in [5.74, 6) is 0. The molecule has 0 saturated heterocycles. The number of primary amides is 1. The molecule has 0 bridgehead atoms. The quantitative estimate of drug-likeness (QED) is 0.738. The minimum atomic E-state index is -0.731. The largest absolute Gasteiger partial charge is 0.441 e. The Labute approximate surface area is 68.8 Å². The Bertz CT molecular complexity index is 233. The third-order valence-corrected chi connectivity index (χ3v) is 2.27. The van der Waals surface area contributed by atoms with E-state index >= 15 is 0 Å². The van der Waals surface area contributed by atoms with Crippen molar-refractivity contribution in [3.63, 3.8) is 0 Å². The smallest absolute Gasteiger partial charge is 0.405 e.